The van der Waals surface area contributed by atoms with E-state index >= 15 is 0 Å². The van der Waals surface area contributed by atoms with E-state index in [2.05, 4.69) is 0 Å². The summed E-state index contributed by atoms with van der Waals surface area (Å²) < 4.78 is 15.9. The molecule has 164 valence electrons. The fraction of sp³-hybridized carbons (Fsp3) is 0.167. The second-order valence-corrected chi connectivity index (χ2v) is 7.93. The summed E-state index contributed by atoms with van der Waals surface area (Å²) in [5.41, 5.74) is 0.727. The zero-order valence-electron chi connectivity index (χ0n) is 17.7. The fourth-order valence-electron chi connectivity index (χ4n) is 3.72. The van der Waals surface area contributed by atoms with E-state index in [9.17, 15) is 14.7 Å². The number of aliphatic hydroxyl groups is 1. The number of anilines is 1. The highest BCUT2D eigenvalue weighted by molar-refractivity contribution is 7.10. The normalized spacial score (nSPS) is 17.5. The molecule has 1 atom stereocenters. The highest BCUT2D eigenvalue weighted by Gasteiger charge is 2.47. The largest absolute Gasteiger partial charge is 0.507 e. The van der Waals surface area contributed by atoms with Gasteiger partial charge in [0.1, 0.15) is 29.0 Å². The van der Waals surface area contributed by atoms with Crippen LogP contribution in [0.5, 0.6) is 17.2 Å². The van der Waals surface area contributed by atoms with Gasteiger partial charge in [0.25, 0.3) is 11.7 Å². The lowest BCUT2D eigenvalue weighted by Crippen LogP contribution is -2.29. The SMILES string of the molecule is COc1cccc(N2C(=O)C(=O)/C(=C(\O)c3cc(OC)ccc3OC)C2c2cccs2)c1. The molecule has 1 fully saturated rings. The number of ether oxygens (including phenoxy) is 3. The Morgan fingerprint density at radius 1 is 0.938 bits per heavy atom. The molecule has 0 spiro atoms. The molecule has 1 aromatic heterocycles. The van der Waals surface area contributed by atoms with E-state index in [-0.39, 0.29) is 16.9 Å². The van der Waals surface area contributed by atoms with Gasteiger partial charge in [-0.05, 0) is 41.8 Å². The number of hydrogen-bond donors (Lipinski definition) is 1. The molecule has 8 heteroatoms. The minimum absolute atomic E-state index is 0.0215. The average Bonchev–Trinajstić information content (AvgIpc) is 3.45. The van der Waals surface area contributed by atoms with Crippen LogP contribution in [-0.2, 0) is 9.59 Å². The molecule has 1 unspecified atom stereocenters. The zero-order valence-corrected chi connectivity index (χ0v) is 18.5. The first-order valence-electron chi connectivity index (χ1n) is 9.71. The summed E-state index contributed by atoms with van der Waals surface area (Å²) in [6, 6.07) is 14.6. The van der Waals surface area contributed by atoms with E-state index < -0.39 is 17.7 Å². The number of Topliss-reactive ketones (excluding diaryl/α,β-unsaturated/α-hetero) is 1. The van der Waals surface area contributed by atoms with E-state index in [0.29, 0.717) is 22.9 Å². The summed E-state index contributed by atoms with van der Waals surface area (Å²) in [4.78, 5) is 28.5. The van der Waals surface area contributed by atoms with Crippen molar-refractivity contribution in [3.8, 4) is 17.2 Å². The lowest BCUT2D eigenvalue weighted by Gasteiger charge is -2.24. The Bertz CT molecular complexity index is 1200. The molecule has 3 aromatic rings. The quantitative estimate of drug-likeness (QED) is 0.340. The number of methoxy groups -OCH3 is 3. The minimum atomic E-state index is -0.807. The Morgan fingerprint density at radius 3 is 2.34 bits per heavy atom. The Labute approximate surface area is 189 Å². The topological polar surface area (TPSA) is 85.3 Å². The van der Waals surface area contributed by atoms with Crippen LogP contribution in [0.4, 0.5) is 5.69 Å². The first-order chi connectivity index (χ1) is 15.5. The minimum Gasteiger partial charge on any atom is -0.507 e. The number of thiophene rings is 1. The van der Waals surface area contributed by atoms with Crippen LogP contribution in [0.25, 0.3) is 5.76 Å². The van der Waals surface area contributed by atoms with Crippen LogP contribution in [0.3, 0.4) is 0 Å². The molecule has 0 aliphatic carbocycles. The summed E-state index contributed by atoms with van der Waals surface area (Å²) in [6.45, 7) is 0. The van der Waals surface area contributed by atoms with Gasteiger partial charge < -0.3 is 19.3 Å². The fourth-order valence-corrected chi connectivity index (χ4v) is 4.54. The maximum Gasteiger partial charge on any atom is 0.300 e. The van der Waals surface area contributed by atoms with E-state index in [1.165, 1.54) is 37.6 Å². The number of carbonyl (C=O) groups is 2. The van der Waals surface area contributed by atoms with Crippen LogP contribution < -0.4 is 19.1 Å². The summed E-state index contributed by atoms with van der Waals surface area (Å²) in [6.07, 6.45) is 0. The molecule has 2 heterocycles. The van der Waals surface area contributed by atoms with Gasteiger partial charge in [-0.3, -0.25) is 14.5 Å². The lowest BCUT2D eigenvalue weighted by molar-refractivity contribution is -0.132. The van der Waals surface area contributed by atoms with Gasteiger partial charge in [0.15, 0.2) is 0 Å². The van der Waals surface area contributed by atoms with Crippen LogP contribution in [0.1, 0.15) is 16.5 Å². The van der Waals surface area contributed by atoms with Gasteiger partial charge in [-0.2, -0.15) is 0 Å². The number of amides is 1. The number of aliphatic hydroxyl groups excluding tert-OH is 1. The van der Waals surface area contributed by atoms with Gasteiger partial charge >= 0.3 is 0 Å². The molecular weight excluding hydrogens is 430 g/mol. The Hall–Kier alpha value is -3.78. The molecule has 4 rings (SSSR count). The van der Waals surface area contributed by atoms with Crippen molar-refractivity contribution >= 4 is 34.5 Å². The first-order valence-corrected chi connectivity index (χ1v) is 10.6. The van der Waals surface area contributed by atoms with Gasteiger partial charge in [-0.15, -0.1) is 11.3 Å². The summed E-state index contributed by atoms with van der Waals surface area (Å²) in [5, 5.41) is 13.2. The molecule has 1 amide bonds. The predicted molar refractivity (Wildman–Crippen MR) is 122 cm³/mol. The molecule has 7 nitrogen and oxygen atoms in total. The molecular formula is C24H21NO6S. The van der Waals surface area contributed by atoms with E-state index in [1.54, 1.807) is 42.5 Å². The van der Waals surface area contributed by atoms with E-state index in [0.717, 1.165) is 4.88 Å². The van der Waals surface area contributed by atoms with Crippen LogP contribution in [0.15, 0.2) is 65.6 Å². The van der Waals surface area contributed by atoms with Gasteiger partial charge in [-0.25, -0.2) is 0 Å². The van der Waals surface area contributed by atoms with Gasteiger partial charge in [-0.1, -0.05) is 12.1 Å². The van der Waals surface area contributed by atoms with Crippen molar-refractivity contribution < 1.29 is 28.9 Å². The summed E-state index contributed by atoms with van der Waals surface area (Å²) >= 11 is 1.39. The molecule has 32 heavy (non-hydrogen) atoms. The van der Waals surface area contributed by atoms with E-state index in [1.807, 2.05) is 17.5 Å². The van der Waals surface area contributed by atoms with E-state index in [4.69, 9.17) is 14.2 Å². The zero-order chi connectivity index (χ0) is 22.8. The van der Waals surface area contributed by atoms with Gasteiger partial charge in [0.05, 0.1) is 32.5 Å². The molecule has 1 aliphatic rings. The van der Waals surface area contributed by atoms with Crippen molar-refractivity contribution in [1.82, 2.24) is 0 Å². The predicted octanol–water partition coefficient (Wildman–Crippen LogP) is 4.40. The number of carbonyl (C=O) groups excluding carboxylic acids is 2. The van der Waals surface area contributed by atoms with Crippen molar-refractivity contribution in [2.24, 2.45) is 0 Å². The summed E-state index contributed by atoms with van der Waals surface area (Å²) in [5.74, 6) is -0.483. The second kappa shape index (κ2) is 8.76. The lowest BCUT2D eigenvalue weighted by atomic mass is 9.99. The highest BCUT2D eigenvalue weighted by atomic mass is 32.1. The second-order valence-electron chi connectivity index (χ2n) is 6.95. The number of rotatable bonds is 6. The summed E-state index contributed by atoms with van der Waals surface area (Å²) in [7, 11) is 4.49. The molecule has 1 saturated heterocycles. The number of nitrogens with zero attached hydrogens (tertiary/aromatic N) is 1. The van der Waals surface area contributed by atoms with Crippen molar-refractivity contribution in [3.05, 3.63) is 76.0 Å². The average molecular weight is 452 g/mol. The van der Waals surface area contributed by atoms with Crippen LogP contribution in [0, 0.1) is 0 Å². The third-order valence-electron chi connectivity index (χ3n) is 5.25. The maximum absolute atomic E-state index is 13.2. The monoisotopic (exact) mass is 451 g/mol. The van der Waals surface area contributed by atoms with Crippen molar-refractivity contribution in [3.63, 3.8) is 0 Å². The Balaban J connectivity index is 1.95. The molecule has 2 aromatic carbocycles. The van der Waals surface area contributed by atoms with Crippen molar-refractivity contribution in [2.75, 3.05) is 26.2 Å². The van der Waals surface area contributed by atoms with Crippen LogP contribution in [0.2, 0.25) is 0 Å². The third-order valence-corrected chi connectivity index (χ3v) is 6.18. The maximum atomic E-state index is 13.2. The van der Waals surface area contributed by atoms with Crippen molar-refractivity contribution in [2.45, 2.75) is 6.04 Å². The molecule has 1 N–H and O–H groups in total. The third kappa shape index (κ3) is 3.58. The number of ketones is 1. The Morgan fingerprint density at radius 2 is 1.69 bits per heavy atom. The molecule has 0 radical (unpaired) electrons. The van der Waals surface area contributed by atoms with Crippen LogP contribution >= 0.6 is 11.3 Å². The smallest absolute Gasteiger partial charge is 0.300 e. The van der Waals surface area contributed by atoms with Gasteiger partial charge in [0.2, 0.25) is 0 Å². The van der Waals surface area contributed by atoms with Crippen molar-refractivity contribution in [1.29, 1.82) is 0 Å². The van der Waals surface area contributed by atoms with Crippen LogP contribution in [-0.4, -0.2) is 38.1 Å². The standard InChI is InChI=1S/C24H21NO6S/c1-29-15-7-4-6-14(12-15)25-21(19-8-5-11-32-19)20(23(27)24(25)28)22(26)17-13-16(30-2)9-10-18(17)31-3/h4-13,21,26H,1-3H3/b22-20-. The number of hydrogen-bond acceptors (Lipinski definition) is 7. The first kappa shape index (κ1) is 21.5. The van der Waals surface area contributed by atoms with Gasteiger partial charge in [0, 0.05) is 16.6 Å². The number of benzene rings is 2. The molecule has 1 aliphatic heterocycles. The molecule has 0 saturated carbocycles. The highest BCUT2D eigenvalue weighted by Crippen LogP contribution is 2.45. The Kier molecular flexibility index (Phi) is 5.87. The molecule has 0 bridgehead atoms.